The van der Waals surface area contributed by atoms with Gasteiger partial charge in [0.15, 0.2) is 0 Å². The van der Waals surface area contributed by atoms with Crippen molar-refractivity contribution < 1.29 is 9.66 Å². The van der Waals surface area contributed by atoms with Crippen molar-refractivity contribution in [3.05, 3.63) is 88.5 Å². The van der Waals surface area contributed by atoms with E-state index in [9.17, 15) is 10.1 Å². The van der Waals surface area contributed by atoms with E-state index in [0.717, 1.165) is 33.5 Å². The second-order valence-electron chi connectivity index (χ2n) is 6.22. The van der Waals surface area contributed by atoms with Gasteiger partial charge >= 0.3 is 0 Å². The Balaban J connectivity index is 1.82. The van der Waals surface area contributed by atoms with Crippen LogP contribution in [0.2, 0.25) is 0 Å². The summed E-state index contributed by atoms with van der Waals surface area (Å²) >= 11 is 0. The number of aromatic amines is 1. The van der Waals surface area contributed by atoms with E-state index in [0.29, 0.717) is 5.69 Å². The third kappa shape index (κ3) is 3.35. The first kappa shape index (κ1) is 17.5. The van der Waals surface area contributed by atoms with Gasteiger partial charge in [-0.2, -0.15) is 0 Å². The van der Waals surface area contributed by atoms with Crippen molar-refractivity contribution in [2.24, 2.45) is 4.99 Å². The maximum Gasteiger partial charge on any atom is 0.269 e. The minimum atomic E-state index is -0.424. The van der Waals surface area contributed by atoms with Gasteiger partial charge in [0.05, 0.1) is 23.4 Å². The molecule has 6 heteroatoms. The number of aromatic nitrogens is 1. The lowest BCUT2D eigenvalue weighted by atomic mass is 10.1. The van der Waals surface area contributed by atoms with Crippen LogP contribution in [0.25, 0.3) is 22.2 Å². The average molecular weight is 371 g/mol. The molecule has 28 heavy (non-hydrogen) atoms. The van der Waals surface area contributed by atoms with E-state index in [2.05, 4.69) is 9.98 Å². The fourth-order valence-corrected chi connectivity index (χ4v) is 3.08. The lowest BCUT2D eigenvalue weighted by Gasteiger charge is -2.02. The molecule has 0 saturated carbocycles. The Hall–Kier alpha value is -3.93. The topological polar surface area (TPSA) is 80.5 Å². The predicted octanol–water partition coefficient (Wildman–Crippen LogP) is 5.50. The number of fused-ring (bicyclic) bond motifs is 1. The largest absolute Gasteiger partial charge is 0.497 e. The fraction of sp³-hybridized carbons (Fsp3) is 0.0455. The van der Waals surface area contributed by atoms with E-state index in [4.69, 9.17) is 4.74 Å². The molecule has 0 bridgehead atoms. The van der Waals surface area contributed by atoms with E-state index < -0.39 is 4.92 Å². The van der Waals surface area contributed by atoms with Crippen LogP contribution in [0, 0.1) is 10.1 Å². The van der Waals surface area contributed by atoms with Crippen LogP contribution in [-0.2, 0) is 0 Å². The van der Waals surface area contributed by atoms with Crippen LogP contribution in [-0.4, -0.2) is 23.2 Å². The summed E-state index contributed by atoms with van der Waals surface area (Å²) in [4.78, 5) is 18.4. The van der Waals surface area contributed by atoms with Gasteiger partial charge in [0, 0.05) is 34.8 Å². The molecule has 0 unspecified atom stereocenters. The number of rotatable bonds is 5. The van der Waals surface area contributed by atoms with Gasteiger partial charge < -0.3 is 9.72 Å². The summed E-state index contributed by atoms with van der Waals surface area (Å²) < 4.78 is 5.37. The van der Waals surface area contributed by atoms with Gasteiger partial charge in [-0.25, -0.2) is 0 Å². The Kier molecular flexibility index (Phi) is 4.60. The van der Waals surface area contributed by atoms with E-state index in [1.54, 1.807) is 25.5 Å². The molecule has 0 aliphatic heterocycles. The number of aliphatic imine (C=N–C) groups is 1. The zero-order chi connectivity index (χ0) is 19.5. The quantitative estimate of drug-likeness (QED) is 0.286. The van der Waals surface area contributed by atoms with Crippen molar-refractivity contribution in [3.8, 4) is 17.0 Å². The summed E-state index contributed by atoms with van der Waals surface area (Å²) in [6.45, 7) is 0. The van der Waals surface area contributed by atoms with Gasteiger partial charge in [0.25, 0.3) is 5.69 Å². The van der Waals surface area contributed by atoms with Gasteiger partial charge in [-0.05, 0) is 35.9 Å². The number of ether oxygens (including phenoxy) is 1. The maximum absolute atomic E-state index is 10.8. The molecule has 4 rings (SSSR count). The van der Waals surface area contributed by atoms with Gasteiger partial charge in [-0.1, -0.05) is 30.3 Å². The highest BCUT2D eigenvalue weighted by atomic mass is 16.6. The molecule has 1 heterocycles. The summed E-state index contributed by atoms with van der Waals surface area (Å²) in [6.07, 6.45) is 1.78. The van der Waals surface area contributed by atoms with Gasteiger partial charge in [0.1, 0.15) is 5.75 Å². The zero-order valence-corrected chi connectivity index (χ0v) is 15.1. The zero-order valence-electron chi connectivity index (χ0n) is 15.1. The van der Waals surface area contributed by atoms with Gasteiger partial charge in [0.2, 0.25) is 0 Å². The molecule has 0 amide bonds. The molecule has 3 aromatic carbocycles. The SMILES string of the molecule is COc1ccc2[nH]c(-c3ccccc3)c(C=Nc3ccc([N+](=O)[O-])cc3)c2c1. The number of H-pyrrole nitrogens is 1. The molecule has 1 aromatic heterocycles. The molecular weight excluding hydrogens is 354 g/mol. The Morgan fingerprint density at radius 1 is 1.04 bits per heavy atom. The van der Waals surface area contributed by atoms with Crippen LogP contribution in [0.4, 0.5) is 11.4 Å². The summed E-state index contributed by atoms with van der Waals surface area (Å²) in [7, 11) is 1.64. The second-order valence-corrected chi connectivity index (χ2v) is 6.22. The highest BCUT2D eigenvalue weighted by Crippen LogP contribution is 2.32. The third-order valence-corrected chi connectivity index (χ3v) is 4.51. The lowest BCUT2D eigenvalue weighted by Crippen LogP contribution is -1.87. The standard InChI is InChI=1S/C22H17N3O3/c1-28-18-11-12-21-19(13-18)20(22(24-21)15-5-3-2-4-6-15)14-23-16-7-9-17(10-8-16)25(26)27/h2-14,24H,1H3. The predicted molar refractivity (Wildman–Crippen MR) is 111 cm³/mol. The molecule has 0 saturated heterocycles. The number of hydrogen-bond acceptors (Lipinski definition) is 4. The molecule has 0 spiro atoms. The van der Waals surface area contributed by atoms with Crippen molar-refractivity contribution in [2.75, 3.05) is 7.11 Å². The first-order valence-corrected chi connectivity index (χ1v) is 8.69. The third-order valence-electron chi connectivity index (χ3n) is 4.51. The number of nitro benzene ring substituents is 1. The van der Waals surface area contributed by atoms with Crippen molar-refractivity contribution >= 4 is 28.5 Å². The first-order valence-electron chi connectivity index (χ1n) is 8.69. The number of nitro groups is 1. The smallest absolute Gasteiger partial charge is 0.269 e. The van der Waals surface area contributed by atoms with E-state index in [1.165, 1.54) is 12.1 Å². The Morgan fingerprint density at radius 2 is 1.79 bits per heavy atom. The maximum atomic E-state index is 10.8. The van der Waals surface area contributed by atoms with Crippen LogP contribution in [0.1, 0.15) is 5.56 Å². The number of methoxy groups -OCH3 is 1. The molecule has 6 nitrogen and oxygen atoms in total. The van der Waals surface area contributed by atoms with Crippen LogP contribution in [0.5, 0.6) is 5.75 Å². The summed E-state index contributed by atoms with van der Waals surface area (Å²) in [6, 6.07) is 22.0. The lowest BCUT2D eigenvalue weighted by molar-refractivity contribution is -0.384. The Labute approximate surface area is 161 Å². The van der Waals surface area contributed by atoms with Crippen molar-refractivity contribution in [1.82, 2.24) is 4.98 Å². The van der Waals surface area contributed by atoms with Gasteiger partial charge in [-0.15, -0.1) is 0 Å². The fourth-order valence-electron chi connectivity index (χ4n) is 3.08. The highest BCUT2D eigenvalue weighted by Gasteiger charge is 2.12. The molecule has 0 aliphatic carbocycles. The summed E-state index contributed by atoms with van der Waals surface area (Å²) in [5.41, 5.74) is 4.59. The molecule has 4 aromatic rings. The second kappa shape index (κ2) is 7.36. The molecular formula is C22H17N3O3. The molecule has 0 aliphatic rings. The molecule has 0 atom stereocenters. The molecule has 0 radical (unpaired) electrons. The number of nitrogens with zero attached hydrogens (tertiary/aromatic N) is 2. The average Bonchev–Trinajstić information content (AvgIpc) is 3.10. The Bertz CT molecular complexity index is 1160. The van der Waals surface area contributed by atoms with Crippen LogP contribution in [0.15, 0.2) is 77.8 Å². The van der Waals surface area contributed by atoms with Crippen molar-refractivity contribution in [3.63, 3.8) is 0 Å². The van der Waals surface area contributed by atoms with E-state index in [1.807, 2.05) is 48.5 Å². The minimum Gasteiger partial charge on any atom is -0.497 e. The first-order chi connectivity index (χ1) is 13.7. The van der Waals surface area contributed by atoms with E-state index in [-0.39, 0.29) is 5.69 Å². The molecule has 1 N–H and O–H groups in total. The number of nitrogens with one attached hydrogen (secondary N) is 1. The summed E-state index contributed by atoms with van der Waals surface area (Å²) in [5.74, 6) is 0.760. The van der Waals surface area contributed by atoms with Crippen LogP contribution in [0.3, 0.4) is 0 Å². The number of hydrogen-bond donors (Lipinski definition) is 1. The Morgan fingerprint density at radius 3 is 2.46 bits per heavy atom. The number of benzene rings is 3. The monoisotopic (exact) mass is 371 g/mol. The van der Waals surface area contributed by atoms with Crippen molar-refractivity contribution in [1.29, 1.82) is 0 Å². The molecule has 138 valence electrons. The van der Waals surface area contributed by atoms with Crippen LogP contribution >= 0.6 is 0 Å². The van der Waals surface area contributed by atoms with Crippen molar-refractivity contribution in [2.45, 2.75) is 0 Å². The van der Waals surface area contributed by atoms with Gasteiger partial charge in [-0.3, -0.25) is 15.1 Å². The van der Waals surface area contributed by atoms with E-state index >= 15 is 0 Å². The highest BCUT2D eigenvalue weighted by molar-refractivity contribution is 6.06. The van der Waals surface area contributed by atoms with Crippen LogP contribution < -0.4 is 4.74 Å². The minimum absolute atomic E-state index is 0.0424. The normalized spacial score (nSPS) is 11.2. The number of non-ortho nitro benzene ring substituents is 1. The molecule has 0 fully saturated rings. The summed E-state index contributed by atoms with van der Waals surface area (Å²) in [5, 5.41) is 11.8.